The second kappa shape index (κ2) is 7.56. The first kappa shape index (κ1) is 18.8. The van der Waals surface area contributed by atoms with Crippen molar-refractivity contribution in [3.05, 3.63) is 71.9 Å². The van der Waals surface area contributed by atoms with Crippen molar-refractivity contribution in [3.63, 3.8) is 0 Å². The van der Waals surface area contributed by atoms with E-state index in [1.807, 2.05) is 36.7 Å². The number of fused-ring (bicyclic) bond motifs is 6. The summed E-state index contributed by atoms with van der Waals surface area (Å²) in [7, 11) is 1.71. The van der Waals surface area contributed by atoms with Gasteiger partial charge in [-0.15, -0.1) is 5.10 Å². The summed E-state index contributed by atoms with van der Waals surface area (Å²) in [5.41, 5.74) is 12.9. The highest BCUT2D eigenvalue weighted by molar-refractivity contribution is 6.14. The lowest BCUT2D eigenvalue weighted by Crippen LogP contribution is -2.06. The average molecular weight is 408 g/mol. The predicted molar refractivity (Wildman–Crippen MR) is 122 cm³/mol. The summed E-state index contributed by atoms with van der Waals surface area (Å²) < 4.78 is 0. The van der Waals surface area contributed by atoms with Gasteiger partial charge in [0.2, 0.25) is 0 Å². The van der Waals surface area contributed by atoms with Crippen molar-refractivity contribution >= 4 is 34.5 Å². The maximum atomic E-state index is 5.94. The van der Waals surface area contributed by atoms with Gasteiger partial charge < -0.3 is 11.1 Å². The van der Waals surface area contributed by atoms with E-state index < -0.39 is 0 Å². The van der Waals surface area contributed by atoms with Gasteiger partial charge in [0.05, 0.1) is 17.2 Å². The first-order chi connectivity index (χ1) is 15.2. The smallest absolute Gasteiger partial charge is 0.154 e. The number of pyridine rings is 3. The van der Waals surface area contributed by atoms with Crippen LogP contribution in [0.25, 0.3) is 27.7 Å². The number of nitrogens with two attached hydrogens (primary N) is 1. The second-order valence-corrected chi connectivity index (χ2v) is 7.31. The maximum absolute atomic E-state index is 5.94. The van der Waals surface area contributed by atoms with Gasteiger partial charge in [-0.1, -0.05) is 6.92 Å². The summed E-state index contributed by atoms with van der Waals surface area (Å²) in [6.07, 6.45) is 8.66. The molecule has 0 radical (unpaired) electrons. The molecular formula is C23H20N8. The lowest BCUT2D eigenvalue weighted by molar-refractivity contribution is 0.850. The molecule has 0 aliphatic carbocycles. The van der Waals surface area contributed by atoms with Crippen LogP contribution < -0.4 is 11.1 Å². The number of hydrogen-bond donors (Lipinski definition) is 2. The van der Waals surface area contributed by atoms with Crippen molar-refractivity contribution < 1.29 is 0 Å². The molecule has 0 saturated heterocycles. The number of anilines is 2. The zero-order valence-corrected chi connectivity index (χ0v) is 17.1. The fraction of sp³-hybridized carbons (Fsp3) is 0.130. The molecule has 3 N–H and O–H groups in total. The molecular weight excluding hydrogens is 388 g/mol. The standard InChI is InChI=1S/C23H20N8/c1-13-15-8-21(31-28-11-15)29-20-4-3-18-23(30-20)22(14-5-6-26-19(13)7-14)17(12-27-18)16(9-24)10-25-2/h3-13H,24H2,1-2H3,(H,29,30,31). The molecule has 1 atom stereocenters. The van der Waals surface area contributed by atoms with E-state index >= 15 is 0 Å². The minimum absolute atomic E-state index is 0.0317. The van der Waals surface area contributed by atoms with Crippen molar-refractivity contribution in [2.75, 3.05) is 12.4 Å². The van der Waals surface area contributed by atoms with Gasteiger partial charge in [0.1, 0.15) is 5.82 Å². The Kier molecular flexibility index (Phi) is 4.59. The number of hydrogen-bond acceptors (Lipinski definition) is 8. The molecule has 0 amide bonds. The van der Waals surface area contributed by atoms with Crippen LogP contribution in [0.2, 0.25) is 0 Å². The Balaban J connectivity index is 1.89. The van der Waals surface area contributed by atoms with E-state index in [0.717, 1.165) is 44.6 Å². The molecule has 0 saturated carbocycles. The van der Waals surface area contributed by atoms with Crippen LogP contribution in [0.3, 0.4) is 0 Å². The number of aromatic nitrogens is 5. The van der Waals surface area contributed by atoms with Crippen LogP contribution in [-0.4, -0.2) is 38.4 Å². The zero-order valence-electron chi connectivity index (χ0n) is 17.1. The van der Waals surface area contributed by atoms with Gasteiger partial charge in [-0.25, -0.2) is 4.98 Å². The summed E-state index contributed by atoms with van der Waals surface area (Å²) in [5, 5.41) is 11.6. The molecule has 1 aliphatic rings. The molecule has 6 bridgehead atoms. The van der Waals surface area contributed by atoms with Crippen LogP contribution in [0, 0.1) is 0 Å². The highest BCUT2D eigenvalue weighted by atomic mass is 15.2. The van der Waals surface area contributed by atoms with Gasteiger partial charge >= 0.3 is 0 Å². The Bertz CT molecular complexity index is 1360. The highest BCUT2D eigenvalue weighted by Crippen LogP contribution is 2.36. The lowest BCUT2D eigenvalue weighted by atomic mass is 9.92. The van der Waals surface area contributed by atoms with E-state index in [1.165, 1.54) is 6.20 Å². The van der Waals surface area contributed by atoms with Crippen molar-refractivity contribution in [3.8, 4) is 11.1 Å². The normalized spacial score (nSPS) is 15.5. The second-order valence-electron chi connectivity index (χ2n) is 7.31. The van der Waals surface area contributed by atoms with Crippen molar-refractivity contribution in [1.29, 1.82) is 0 Å². The Hall–Kier alpha value is -4.20. The third kappa shape index (κ3) is 3.28. The van der Waals surface area contributed by atoms with Gasteiger partial charge in [-0.2, -0.15) is 5.10 Å². The van der Waals surface area contributed by atoms with Crippen molar-refractivity contribution in [2.24, 2.45) is 10.7 Å². The lowest BCUT2D eigenvalue weighted by Gasteiger charge is -2.18. The molecule has 5 heterocycles. The minimum atomic E-state index is 0.0317. The van der Waals surface area contributed by atoms with Gasteiger partial charge in [-0.3, -0.25) is 15.0 Å². The van der Waals surface area contributed by atoms with E-state index in [4.69, 9.17) is 10.7 Å². The van der Waals surface area contributed by atoms with Crippen molar-refractivity contribution in [1.82, 2.24) is 25.1 Å². The monoisotopic (exact) mass is 408 g/mol. The maximum Gasteiger partial charge on any atom is 0.154 e. The van der Waals surface area contributed by atoms with Gasteiger partial charge in [0.25, 0.3) is 0 Å². The fourth-order valence-corrected chi connectivity index (χ4v) is 3.81. The number of nitrogens with one attached hydrogen (secondary N) is 1. The Morgan fingerprint density at radius 2 is 2.03 bits per heavy atom. The molecule has 8 heteroatoms. The summed E-state index contributed by atoms with van der Waals surface area (Å²) in [6.45, 7) is 2.11. The number of nitrogens with zero attached hydrogens (tertiary/aromatic N) is 6. The molecule has 1 unspecified atom stereocenters. The minimum Gasteiger partial charge on any atom is -0.404 e. The molecule has 5 rings (SSSR count). The molecule has 1 aliphatic heterocycles. The average Bonchev–Trinajstić information content (AvgIpc) is 2.81. The van der Waals surface area contributed by atoms with Crippen LogP contribution in [0.4, 0.5) is 11.6 Å². The molecule has 0 fully saturated rings. The molecule has 152 valence electrons. The summed E-state index contributed by atoms with van der Waals surface area (Å²) in [5.74, 6) is 1.31. The van der Waals surface area contributed by atoms with E-state index in [0.29, 0.717) is 11.6 Å². The van der Waals surface area contributed by atoms with Gasteiger partial charge in [0.15, 0.2) is 5.82 Å². The summed E-state index contributed by atoms with van der Waals surface area (Å²) in [6, 6.07) is 9.86. The Morgan fingerprint density at radius 3 is 2.87 bits per heavy atom. The largest absolute Gasteiger partial charge is 0.404 e. The predicted octanol–water partition coefficient (Wildman–Crippen LogP) is 3.69. The van der Waals surface area contributed by atoms with E-state index in [2.05, 4.69) is 43.5 Å². The Morgan fingerprint density at radius 1 is 1.13 bits per heavy atom. The van der Waals surface area contributed by atoms with Crippen LogP contribution in [0.15, 0.2) is 60.1 Å². The van der Waals surface area contributed by atoms with Gasteiger partial charge in [0, 0.05) is 60.2 Å². The summed E-state index contributed by atoms with van der Waals surface area (Å²) in [4.78, 5) is 18.3. The molecule has 4 aromatic heterocycles. The van der Waals surface area contributed by atoms with Crippen LogP contribution in [-0.2, 0) is 0 Å². The van der Waals surface area contributed by atoms with E-state index in [1.54, 1.807) is 19.5 Å². The zero-order chi connectivity index (χ0) is 21.4. The van der Waals surface area contributed by atoms with Crippen LogP contribution in [0.5, 0.6) is 0 Å². The molecule has 31 heavy (non-hydrogen) atoms. The fourth-order valence-electron chi connectivity index (χ4n) is 3.81. The molecule has 4 aromatic rings. The topological polar surface area (TPSA) is 115 Å². The first-order valence-corrected chi connectivity index (χ1v) is 9.88. The number of aliphatic imine (C=N–C) groups is 1. The summed E-state index contributed by atoms with van der Waals surface area (Å²) >= 11 is 0. The van der Waals surface area contributed by atoms with Crippen molar-refractivity contribution in [2.45, 2.75) is 12.8 Å². The molecule has 0 aromatic carbocycles. The number of allylic oxidation sites excluding steroid dienone is 1. The highest BCUT2D eigenvalue weighted by Gasteiger charge is 2.19. The third-order valence-electron chi connectivity index (χ3n) is 5.42. The first-order valence-electron chi connectivity index (χ1n) is 9.88. The SMILES string of the molecule is CN=CC(=CN)c1cnc2ccc3nc2c1-c1ccnc(c1)C(C)c1cnnc(c1)N3. The quantitative estimate of drug-likeness (QED) is 0.486. The Labute approximate surface area is 179 Å². The molecule has 0 spiro atoms. The van der Waals surface area contributed by atoms with E-state index in [-0.39, 0.29) is 5.92 Å². The van der Waals surface area contributed by atoms with Gasteiger partial charge in [-0.05, 0) is 41.5 Å². The molecule has 8 nitrogen and oxygen atoms in total. The number of rotatable bonds is 2. The van der Waals surface area contributed by atoms with Crippen LogP contribution in [0.1, 0.15) is 29.7 Å². The third-order valence-corrected chi connectivity index (χ3v) is 5.42. The van der Waals surface area contributed by atoms with Crippen LogP contribution >= 0.6 is 0 Å². The van der Waals surface area contributed by atoms with E-state index in [9.17, 15) is 0 Å².